The number of hydrogen-bond donors (Lipinski definition) is 1. The third-order valence-corrected chi connectivity index (χ3v) is 2.15. The first-order valence-corrected chi connectivity index (χ1v) is 4.31. The molecule has 0 radical (unpaired) electrons. The Balaban J connectivity index is 2.35. The molecule has 1 aliphatic rings. The molecule has 0 bridgehead atoms. The first-order valence-electron chi connectivity index (χ1n) is 4.31. The fraction of sp³-hybridized carbons (Fsp3) is 0.778. The molecule has 2 N–H and O–H groups in total. The molecule has 1 rings (SSSR count). The van der Waals surface area contributed by atoms with E-state index in [9.17, 15) is 0 Å². The van der Waals surface area contributed by atoms with Crippen molar-refractivity contribution in [3.63, 3.8) is 0 Å². The van der Waals surface area contributed by atoms with Gasteiger partial charge in [-0.3, -0.25) is 0 Å². The van der Waals surface area contributed by atoms with Gasteiger partial charge in [0.1, 0.15) is 0 Å². The molecule has 0 atom stereocenters. The molecule has 0 spiro atoms. The fourth-order valence-electron chi connectivity index (χ4n) is 1.44. The maximum absolute atomic E-state index is 5.56. The molecule has 0 aromatic heterocycles. The predicted molar refractivity (Wildman–Crippen MR) is 44.8 cm³/mol. The zero-order chi connectivity index (χ0) is 7.23. The summed E-state index contributed by atoms with van der Waals surface area (Å²) in [7, 11) is 0. The van der Waals surface area contributed by atoms with Gasteiger partial charge in [0.2, 0.25) is 0 Å². The van der Waals surface area contributed by atoms with Crippen LogP contribution >= 0.6 is 0 Å². The topological polar surface area (TPSA) is 26.0 Å². The molecule has 1 nitrogen and oxygen atoms in total. The maximum Gasteiger partial charge on any atom is 0.0136 e. The smallest absolute Gasteiger partial charge is 0.0136 e. The van der Waals surface area contributed by atoms with Gasteiger partial charge in [-0.2, -0.15) is 0 Å². The van der Waals surface area contributed by atoms with Crippen molar-refractivity contribution in [3.8, 4) is 0 Å². The van der Waals surface area contributed by atoms with Crippen LogP contribution in [0.5, 0.6) is 0 Å². The van der Waals surface area contributed by atoms with E-state index < -0.39 is 0 Å². The Labute approximate surface area is 63.3 Å². The molecule has 0 fully saturated rings. The van der Waals surface area contributed by atoms with E-state index in [0.717, 1.165) is 6.54 Å². The standard InChI is InChI=1S/C9H17N/c10-8-9-6-4-2-1-3-5-7-9/h6H,1-5,7-8,10H2/b9-6+. The van der Waals surface area contributed by atoms with E-state index >= 15 is 0 Å². The molecule has 0 amide bonds. The SMILES string of the molecule is NC/C1=C/CCCCCC1. The highest BCUT2D eigenvalue weighted by Crippen LogP contribution is 2.15. The van der Waals surface area contributed by atoms with Gasteiger partial charge in [0.05, 0.1) is 0 Å². The van der Waals surface area contributed by atoms with E-state index in [1.807, 2.05) is 0 Å². The van der Waals surface area contributed by atoms with E-state index in [1.54, 1.807) is 0 Å². The molecule has 1 heteroatoms. The molecule has 0 saturated heterocycles. The normalized spacial score (nSPS) is 26.3. The molecule has 0 aromatic rings. The molecule has 0 heterocycles. The Morgan fingerprint density at radius 3 is 2.80 bits per heavy atom. The van der Waals surface area contributed by atoms with Gasteiger partial charge in [0.15, 0.2) is 0 Å². The summed E-state index contributed by atoms with van der Waals surface area (Å²) >= 11 is 0. The van der Waals surface area contributed by atoms with Gasteiger partial charge in [-0.25, -0.2) is 0 Å². The molecule has 1 aliphatic carbocycles. The summed E-state index contributed by atoms with van der Waals surface area (Å²) in [5.41, 5.74) is 7.03. The first kappa shape index (κ1) is 7.80. The Kier molecular flexibility index (Phi) is 3.52. The Bertz CT molecular complexity index is 116. The summed E-state index contributed by atoms with van der Waals surface area (Å²) in [6, 6.07) is 0. The van der Waals surface area contributed by atoms with Crippen molar-refractivity contribution in [1.82, 2.24) is 0 Å². The molecular weight excluding hydrogens is 122 g/mol. The lowest BCUT2D eigenvalue weighted by atomic mass is 10.0. The summed E-state index contributed by atoms with van der Waals surface area (Å²) in [6.45, 7) is 0.778. The largest absolute Gasteiger partial charge is 0.327 e. The van der Waals surface area contributed by atoms with Gasteiger partial charge in [0, 0.05) is 6.54 Å². The lowest BCUT2D eigenvalue weighted by Crippen LogP contribution is -2.04. The van der Waals surface area contributed by atoms with E-state index in [-0.39, 0.29) is 0 Å². The van der Waals surface area contributed by atoms with Crippen LogP contribution in [-0.4, -0.2) is 6.54 Å². The molecular formula is C9H17N. The summed E-state index contributed by atoms with van der Waals surface area (Å²) in [5.74, 6) is 0. The fourth-order valence-corrected chi connectivity index (χ4v) is 1.44. The quantitative estimate of drug-likeness (QED) is 0.554. The van der Waals surface area contributed by atoms with Gasteiger partial charge >= 0.3 is 0 Å². The maximum atomic E-state index is 5.56. The van der Waals surface area contributed by atoms with Crippen LogP contribution in [-0.2, 0) is 0 Å². The van der Waals surface area contributed by atoms with Crippen LogP contribution in [0, 0.1) is 0 Å². The predicted octanol–water partition coefficient (Wildman–Crippen LogP) is 2.23. The molecule has 0 aromatic carbocycles. The van der Waals surface area contributed by atoms with Crippen LogP contribution in [0.25, 0.3) is 0 Å². The van der Waals surface area contributed by atoms with Crippen molar-refractivity contribution < 1.29 is 0 Å². The molecule has 0 aliphatic heterocycles. The van der Waals surface area contributed by atoms with Crippen LogP contribution in [0.4, 0.5) is 0 Å². The Morgan fingerprint density at radius 1 is 1.20 bits per heavy atom. The van der Waals surface area contributed by atoms with E-state index in [1.165, 1.54) is 44.1 Å². The molecule has 10 heavy (non-hydrogen) atoms. The number of allylic oxidation sites excluding steroid dienone is 1. The minimum atomic E-state index is 0.778. The molecule has 0 saturated carbocycles. The average molecular weight is 139 g/mol. The van der Waals surface area contributed by atoms with Gasteiger partial charge in [-0.05, 0) is 25.7 Å². The minimum Gasteiger partial charge on any atom is -0.327 e. The lowest BCUT2D eigenvalue weighted by Gasteiger charge is -2.08. The van der Waals surface area contributed by atoms with Crippen molar-refractivity contribution in [2.24, 2.45) is 5.73 Å². The van der Waals surface area contributed by atoms with Gasteiger partial charge in [0.25, 0.3) is 0 Å². The summed E-state index contributed by atoms with van der Waals surface area (Å²) < 4.78 is 0. The highest BCUT2D eigenvalue weighted by Gasteiger charge is 1.98. The van der Waals surface area contributed by atoms with Gasteiger partial charge in [-0.1, -0.05) is 24.5 Å². The van der Waals surface area contributed by atoms with Crippen molar-refractivity contribution in [2.45, 2.75) is 38.5 Å². The van der Waals surface area contributed by atoms with Crippen LogP contribution < -0.4 is 5.73 Å². The van der Waals surface area contributed by atoms with Crippen LogP contribution in [0.2, 0.25) is 0 Å². The van der Waals surface area contributed by atoms with Crippen molar-refractivity contribution in [3.05, 3.63) is 11.6 Å². The monoisotopic (exact) mass is 139 g/mol. The third-order valence-electron chi connectivity index (χ3n) is 2.15. The van der Waals surface area contributed by atoms with E-state index in [2.05, 4.69) is 6.08 Å². The van der Waals surface area contributed by atoms with Crippen molar-refractivity contribution in [2.75, 3.05) is 6.54 Å². The van der Waals surface area contributed by atoms with Gasteiger partial charge in [-0.15, -0.1) is 0 Å². The Hall–Kier alpha value is -0.300. The molecule has 0 unspecified atom stereocenters. The summed E-state index contributed by atoms with van der Waals surface area (Å²) in [6.07, 6.45) is 10.4. The summed E-state index contributed by atoms with van der Waals surface area (Å²) in [5, 5.41) is 0. The van der Waals surface area contributed by atoms with Crippen molar-refractivity contribution >= 4 is 0 Å². The minimum absolute atomic E-state index is 0.778. The summed E-state index contributed by atoms with van der Waals surface area (Å²) in [4.78, 5) is 0. The van der Waals surface area contributed by atoms with Crippen LogP contribution in [0.1, 0.15) is 38.5 Å². The lowest BCUT2D eigenvalue weighted by molar-refractivity contribution is 0.621. The second kappa shape index (κ2) is 4.51. The van der Waals surface area contributed by atoms with E-state index in [4.69, 9.17) is 5.73 Å². The second-order valence-corrected chi connectivity index (χ2v) is 3.02. The zero-order valence-corrected chi connectivity index (χ0v) is 6.60. The first-order chi connectivity index (χ1) is 4.93. The van der Waals surface area contributed by atoms with Crippen LogP contribution in [0.15, 0.2) is 11.6 Å². The van der Waals surface area contributed by atoms with E-state index in [0.29, 0.717) is 0 Å². The van der Waals surface area contributed by atoms with Crippen LogP contribution in [0.3, 0.4) is 0 Å². The number of rotatable bonds is 1. The van der Waals surface area contributed by atoms with Gasteiger partial charge < -0.3 is 5.73 Å². The Morgan fingerprint density at radius 2 is 2.00 bits per heavy atom. The van der Waals surface area contributed by atoms with Crippen molar-refractivity contribution in [1.29, 1.82) is 0 Å². The zero-order valence-electron chi connectivity index (χ0n) is 6.60. The highest BCUT2D eigenvalue weighted by atomic mass is 14.5. The molecule has 58 valence electrons. The number of hydrogen-bond acceptors (Lipinski definition) is 1. The average Bonchev–Trinajstić information content (AvgIpc) is 1.87. The third kappa shape index (κ3) is 2.53. The highest BCUT2D eigenvalue weighted by molar-refractivity contribution is 5.03. The second-order valence-electron chi connectivity index (χ2n) is 3.02. The number of nitrogens with two attached hydrogens (primary N) is 1.